The first-order chi connectivity index (χ1) is 11.9. The van der Waals surface area contributed by atoms with Gasteiger partial charge in [0.1, 0.15) is 0 Å². The first kappa shape index (κ1) is 21.1. The lowest BCUT2D eigenvalue weighted by atomic mass is 9.95. The SMILES string of the molecule is CC(=O)C(CCN)NC(=O)CNC(=O)C(CCN)c1cccc(Cl)c1. The van der Waals surface area contributed by atoms with Crippen molar-refractivity contribution in [2.24, 2.45) is 11.5 Å². The maximum Gasteiger partial charge on any atom is 0.239 e. The quantitative estimate of drug-likeness (QED) is 0.472. The molecular weight excluding hydrogens is 344 g/mol. The second kappa shape index (κ2) is 10.8. The lowest BCUT2D eigenvalue weighted by molar-refractivity contribution is -0.129. The molecule has 2 atom stereocenters. The second-order valence-corrected chi connectivity index (χ2v) is 6.15. The summed E-state index contributed by atoms with van der Waals surface area (Å²) in [5.41, 5.74) is 11.7. The largest absolute Gasteiger partial charge is 0.347 e. The third-order valence-electron chi connectivity index (χ3n) is 3.73. The van der Waals surface area contributed by atoms with Gasteiger partial charge in [0.05, 0.1) is 18.5 Å². The summed E-state index contributed by atoms with van der Waals surface area (Å²) in [7, 11) is 0. The first-order valence-electron chi connectivity index (χ1n) is 8.12. The number of Topliss-reactive ketones (excluding diaryl/α,β-unsaturated/α-hetero) is 1. The Morgan fingerprint density at radius 2 is 1.84 bits per heavy atom. The van der Waals surface area contributed by atoms with Crippen LogP contribution in [-0.2, 0) is 14.4 Å². The van der Waals surface area contributed by atoms with Gasteiger partial charge in [-0.15, -0.1) is 0 Å². The molecule has 2 amide bonds. The summed E-state index contributed by atoms with van der Waals surface area (Å²) in [6.45, 7) is 1.76. The number of amides is 2. The van der Waals surface area contributed by atoms with Crippen LogP contribution in [0.1, 0.15) is 31.2 Å². The minimum Gasteiger partial charge on any atom is -0.347 e. The number of nitrogens with one attached hydrogen (secondary N) is 2. The molecule has 1 aromatic carbocycles. The van der Waals surface area contributed by atoms with Crippen LogP contribution >= 0.6 is 11.6 Å². The molecule has 0 spiro atoms. The summed E-state index contributed by atoms with van der Waals surface area (Å²) in [6, 6.07) is 6.33. The zero-order chi connectivity index (χ0) is 18.8. The average molecular weight is 369 g/mol. The van der Waals surface area contributed by atoms with Crippen molar-refractivity contribution >= 4 is 29.2 Å². The normalized spacial score (nSPS) is 13.0. The van der Waals surface area contributed by atoms with Crippen LogP contribution in [0.2, 0.25) is 5.02 Å². The maximum atomic E-state index is 12.4. The van der Waals surface area contributed by atoms with E-state index in [-0.39, 0.29) is 24.8 Å². The van der Waals surface area contributed by atoms with Crippen LogP contribution in [0.4, 0.5) is 0 Å². The van der Waals surface area contributed by atoms with E-state index in [1.807, 2.05) is 0 Å². The number of ketones is 1. The maximum absolute atomic E-state index is 12.4. The number of carbonyl (C=O) groups is 3. The van der Waals surface area contributed by atoms with E-state index in [1.165, 1.54) is 6.92 Å². The highest BCUT2D eigenvalue weighted by atomic mass is 35.5. The number of carbonyl (C=O) groups excluding carboxylic acids is 3. The van der Waals surface area contributed by atoms with Crippen LogP contribution in [0.15, 0.2) is 24.3 Å². The van der Waals surface area contributed by atoms with E-state index >= 15 is 0 Å². The van der Waals surface area contributed by atoms with E-state index in [4.69, 9.17) is 23.1 Å². The second-order valence-electron chi connectivity index (χ2n) is 5.71. The molecule has 0 aromatic heterocycles. The van der Waals surface area contributed by atoms with Crippen molar-refractivity contribution in [1.29, 1.82) is 0 Å². The average Bonchev–Trinajstić information content (AvgIpc) is 2.57. The summed E-state index contributed by atoms with van der Waals surface area (Å²) >= 11 is 5.97. The van der Waals surface area contributed by atoms with Crippen LogP contribution < -0.4 is 22.1 Å². The van der Waals surface area contributed by atoms with Crippen molar-refractivity contribution in [1.82, 2.24) is 10.6 Å². The summed E-state index contributed by atoms with van der Waals surface area (Å²) in [5, 5.41) is 5.67. The van der Waals surface area contributed by atoms with Gasteiger partial charge < -0.3 is 22.1 Å². The molecule has 1 aromatic rings. The fourth-order valence-corrected chi connectivity index (χ4v) is 2.62. The van der Waals surface area contributed by atoms with Crippen LogP contribution in [0.25, 0.3) is 0 Å². The summed E-state index contributed by atoms with van der Waals surface area (Å²) < 4.78 is 0. The van der Waals surface area contributed by atoms with Crippen molar-refractivity contribution in [2.45, 2.75) is 31.7 Å². The third-order valence-corrected chi connectivity index (χ3v) is 3.96. The molecule has 6 N–H and O–H groups in total. The molecule has 8 heteroatoms. The molecule has 0 aliphatic heterocycles. The van der Waals surface area contributed by atoms with E-state index in [0.717, 1.165) is 5.56 Å². The Labute approximate surface area is 152 Å². The summed E-state index contributed by atoms with van der Waals surface area (Å²) in [5.74, 6) is -1.44. The lowest BCUT2D eigenvalue weighted by Crippen LogP contribution is -2.46. The summed E-state index contributed by atoms with van der Waals surface area (Å²) in [4.78, 5) is 35.8. The van der Waals surface area contributed by atoms with Gasteiger partial charge in [0.2, 0.25) is 11.8 Å². The minimum absolute atomic E-state index is 0.176. The predicted molar refractivity (Wildman–Crippen MR) is 97.2 cm³/mol. The highest BCUT2D eigenvalue weighted by Crippen LogP contribution is 2.22. The molecule has 0 saturated carbocycles. The minimum atomic E-state index is -0.637. The molecule has 0 radical (unpaired) electrons. The highest BCUT2D eigenvalue weighted by Gasteiger charge is 2.22. The number of benzene rings is 1. The first-order valence-corrected chi connectivity index (χ1v) is 8.50. The molecule has 2 unspecified atom stereocenters. The van der Waals surface area contributed by atoms with Crippen molar-refractivity contribution in [3.8, 4) is 0 Å². The van der Waals surface area contributed by atoms with Crippen LogP contribution in [0.3, 0.4) is 0 Å². The lowest BCUT2D eigenvalue weighted by Gasteiger charge is -2.18. The Balaban J connectivity index is 2.65. The fourth-order valence-electron chi connectivity index (χ4n) is 2.42. The number of halogens is 1. The topological polar surface area (TPSA) is 127 Å². The van der Waals surface area contributed by atoms with Gasteiger partial charge >= 0.3 is 0 Å². The van der Waals surface area contributed by atoms with E-state index in [9.17, 15) is 14.4 Å². The molecule has 1 rings (SSSR count). The number of rotatable bonds is 10. The monoisotopic (exact) mass is 368 g/mol. The zero-order valence-corrected chi connectivity index (χ0v) is 15.0. The molecule has 0 fully saturated rings. The third kappa shape index (κ3) is 7.21. The number of hydrogen-bond acceptors (Lipinski definition) is 5. The molecule has 0 heterocycles. The van der Waals surface area contributed by atoms with Gasteiger partial charge in [0, 0.05) is 5.02 Å². The molecule has 7 nitrogen and oxygen atoms in total. The molecule has 25 heavy (non-hydrogen) atoms. The Kier molecular flexibility index (Phi) is 9.12. The van der Waals surface area contributed by atoms with Crippen LogP contribution in [0.5, 0.6) is 0 Å². The number of hydrogen-bond donors (Lipinski definition) is 4. The van der Waals surface area contributed by atoms with Crippen molar-refractivity contribution in [2.75, 3.05) is 19.6 Å². The smallest absolute Gasteiger partial charge is 0.239 e. The molecule has 0 bridgehead atoms. The van der Waals surface area contributed by atoms with Crippen molar-refractivity contribution < 1.29 is 14.4 Å². The Bertz CT molecular complexity index is 609. The van der Waals surface area contributed by atoms with Crippen LogP contribution in [0, 0.1) is 0 Å². The molecule has 0 aliphatic carbocycles. The van der Waals surface area contributed by atoms with Crippen molar-refractivity contribution in [3.63, 3.8) is 0 Å². The van der Waals surface area contributed by atoms with E-state index in [0.29, 0.717) is 24.4 Å². The molecule has 0 aliphatic rings. The Hall–Kier alpha value is -1.96. The molecule has 0 saturated heterocycles. The standard InChI is InChI=1S/C17H25ClN4O3/c1-11(23)15(6-8-20)22-16(24)10-21-17(25)14(5-7-19)12-3-2-4-13(18)9-12/h2-4,9,14-15H,5-8,10,19-20H2,1H3,(H,21,25)(H,22,24). The molecule has 138 valence electrons. The van der Waals surface area contributed by atoms with Crippen molar-refractivity contribution in [3.05, 3.63) is 34.9 Å². The van der Waals surface area contributed by atoms with Gasteiger partial charge in [-0.3, -0.25) is 14.4 Å². The van der Waals surface area contributed by atoms with Gasteiger partial charge in [-0.05, 0) is 50.6 Å². The van der Waals surface area contributed by atoms with Gasteiger partial charge in [-0.1, -0.05) is 23.7 Å². The van der Waals surface area contributed by atoms with Gasteiger partial charge in [-0.2, -0.15) is 0 Å². The Morgan fingerprint density at radius 1 is 1.16 bits per heavy atom. The predicted octanol–water partition coefficient (Wildman–Crippen LogP) is 0.311. The van der Waals surface area contributed by atoms with E-state index in [1.54, 1.807) is 24.3 Å². The van der Waals surface area contributed by atoms with Gasteiger partial charge in [0.25, 0.3) is 0 Å². The zero-order valence-electron chi connectivity index (χ0n) is 14.3. The highest BCUT2D eigenvalue weighted by molar-refractivity contribution is 6.30. The van der Waals surface area contributed by atoms with Crippen LogP contribution in [-0.4, -0.2) is 43.3 Å². The van der Waals surface area contributed by atoms with Gasteiger partial charge in [0.15, 0.2) is 5.78 Å². The van der Waals surface area contributed by atoms with E-state index in [2.05, 4.69) is 10.6 Å². The summed E-state index contributed by atoms with van der Waals surface area (Å²) in [6.07, 6.45) is 0.782. The Morgan fingerprint density at radius 3 is 2.40 bits per heavy atom. The molecular formula is C17H25ClN4O3. The fraction of sp³-hybridized carbons (Fsp3) is 0.471. The number of nitrogens with two attached hydrogens (primary N) is 2. The van der Waals surface area contributed by atoms with E-state index < -0.39 is 17.9 Å². The van der Waals surface area contributed by atoms with Gasteiger partial charge in [-0.25, -0.2) is 0 Å².